The number of hydrogen-bond acceptors (Lipinski definition) is 6. The molecule has 3 rings (SSSR count). The third kappa shape index (κ3) is 5.98. The number of aromatic nitrogens is 2. The van der Waals surface area contributed by atoms with Gasteiger partial charge < -0.3 is 14.6 Å². The van der Waals surface area contributed by atoms with Gasteiger partial charge in [0, 0.05) is 30.5 Å². The Hall–Kier alpha value is -2.51. The zero-order valence-corrected chi connectivity index (χ0v) is 18.0. The zero-order chi connectivity index (χ0) is 20.6. The number of hydrogen-bond donors (Lipinski definition) is 1. The van der Waals surface area contributed by atoms with E-state index in [4.69, 9.17) is 16.0 Å². The highest BCUT2D eigenvalue weighted by molar-refractivity contribution is 7.98. The number of furan rings is 1. The lowest BCUT2D eigenvalue weighted by Gasteiger charge is -2.20. The fraction of sp³-hybridized carbons (Fsp3) is 0.286. The van der Waals surface area contributed by atoms with E-state index in [9.17, 15) is 4.79 Å². The summed E-state index contributed by atoms with van der Waals surface area (Å²) in [5.74, 6) is 2.03. The number of nitrogens with one attached hydrogen (secondary N) is 1. The molecule has 29 heavy (non-hydrogen) atoms. The molecule has 8 heteroatoms. The van der Waals surface area contributed by atoms with Crippen LogP contribution in [0.5, 0.6) is 0 Å². The molecule has 0 aliphatic rings. The van der Waals surface area contributed by atoms with Crippen LogP contribution in [0.2, 0.25) is 5.15 Å². The summed E-state index contributed by atoms with van der Waals surface area (Å²) in [5, 5.41) is 3.90. The van der Waals surface area contributed by atoms with Crippen LogP contribution in [0, 0.1) is 0 Å². The molecular formula is C21H23ClN4O2S. The van der Waals surface area contributed by atoms with Gasteiger partial charge in [-0.2, -0.15) is 0 Å². The van der Waals surface area contributed by atoms with Crippen LogP contribution in [0.4, 0.5) is 5.82 Å². The number of carbonyl (C=O) groups is 1. The molecule has 0 saturated heterocycles. The second-order valence-corrected chi connectivity index (χ2v) is 7.58. The molecule has 152 valence electrons. The number of carbonyl (C=O) groups excluding carboxylic acids is 1. The van der Waals surface area contributed by atoms with Crippen LogP contribution in [-0.4, -0.2) is 29.0 Å². The first-order valence-electron chi connectivity index (χ1n) is 9.41. The Morgan fingerprint density at radius 1 is 1.17 bits per heavy atom. The van der Waals surface area contributed by atoms with Gasteiger partial charge >= 0.3 is 0 Å². The summed E-state index contributed by atoms with van der Waals surface area (Å²) in [6, 6.07) is 12.9. The number of thioether (sulfide) groups is 1. The quantitative estimate of drug-likeness (QED) is 0.299. The van der Waals surface area contributed by atoms with Crippen molar-refractivity contribution in [2.45, 2.75) is 31.3 Å². The monoisotopic (exact) mass is 430 g/mol. The predicted molar refractivity (Wildman–Crippen MR) is 116 cm³/mol. The van der Waals surface area contributed by atoms with Gasteiger partial charge in [0.05, 0.1) is 12.8 Å². The maximum Gasteiger partial charge on any atom is 0.251 e. The number of rotatable bonds is 9. The highest BCUT2D eigenvalue weighted by Crippen LogP contribution is 2.25. The molecule has 2 aromatic heterocycles. The third-order valence-corrected chi connectivity index (χ3v) is 5.42. The molecule has 0 aliphatic heterocycles. The Bertz CT molecular complexity index is 946. The Morgan fingerprint density at radius 2 is 2.00 bits per heavy atom. The fourth-order valence-electron chi connectivity index (χ4n) is 2.79. The van der Waals surface area contributed by atoms with Gasteiger partial charge in [-0.15, -0.1) is 0 Å². The molecule has 0 unspecified atom stereocenters. The first-order valence-corrected chi connectivity index (χ1v) is 10.8. The molecule has 1 N–H and O–H groups in total. The highest BCUT2D eigenvalue weighted by Gasteiger charge is 2.11. The second-order valence-electron chi connectivity index (χ2n) is 6.25. The molecule has 0 fully saturated rings. The molecule has 6 nitrogen and oxygen atoms in total. The smallest absolute Gasteiger partial charge is 0.251 e. The molecule has 0 radical (unpaired) electrons. The van der Waals surface area contributed by atoms with E-state index in [1.165, 1.54) is 11.8 Å². The van der Waals surface area contributed by atoms with Crippen LogP contribution >= 0.6 is 23.4 Å². The van der Waals surface area contributed by atoms with E-state index >= 15 is 0 Å². The average molecular weight is 431 g/mol. The fourth-order valence-corrected chi connectivity index (χ4v) is 3.82. The van der Waals surface area contributed by atoms with Gasteiger partial charge in [-0.1, -0.05) is 35.5 Å². The molecule has 0 bridgehead atoms. The van der Waals surface area contributed by atoms with Crippen LogP contribution in [-0.2, 0) is 12.3 Å². The van der Waals surface area contributed by atoms with Crippen molar-refractivity contribution in [3.05, 3.63) is 70.8 Å². The summed E-state index contributed by atoms with van der Waals surface area (Å²) in [7, 11) is 0. The lowest BCUT2D eigenvalue weighted by molar-refractivity contribution is 0.0948. The summed E-state index contributed by atoms with van der Waals surface area (Å²) in [6.45, 7) is 6.21. The van der Waals surface area contributed by atoms with E-state index in [1.54, 1.807) is 24.5 Å². The van der Waals surface area contributed by atoms with E-state index in [0.29, 0.717) is 33.9 Å². The van der Waals surface area contributed by atoms with Crippen molar-refractivity contribution in [1.82, 2.24) is 15.3 Å². The van der Waals surface area contributed by atoms with Gasteiger partial charge in [0.2, 0.25) is 0 Å². The van der Waals surface area contributed by atoms with Crippen LogP contribution in [0.15, 0.2) is 58.3 Å². The van der Waals surface area contributed by atoms with E-state index in [-0.39, 0.29) is 5.91 Å². The van der Waals surface area contributed by atoms with Crippen molar-refractivity contribution >= 4 is 35.1 Å². The van der Waals surface area contributed by atoms with Gasteiger partial charge in [-0.25, -0.2) is 9.97 Å². The van der Waals surface area contributed by atoms with Gasteiger partial charge in [-0.05, 0) is 43.7 Å². The van der Waals surface area contributed by atoms with Crippen molar-refractivity contribution in [3.8, 4) is 0 Å². The summed E-state index contributed by atoms with van der Waals surface area (Å²) >= 11 is 7.67. The maximum absolute atomic E-state index is 12.4. The molecule has 3 aromatic rings. The lowest BCUT2D eigenvalue weighted by Crippen LogP contribution is -2.23. The van der Waals surface area contributed by atoms with Gasteiger partial charge in [0.15, 0.2) is 5.16 Å². The number of amides is 1. The Morgan fingerprint density at radius 3 is 2.72 bits per heavy atom. The summed E-state index contributed by atoms with van der Waals surface area (Å²) in [6.07, 6.45) is 1.59. The molecule has 0 aliphatic carbocycles. The predicted octanol–water partition coefficient (Wildman–Crippen LogP) is 4.79. The number of halogens is 1. The normalized spacial score (nSPS) is 10.7. The Balaban J connectivity index is 1.64. The first kappa shape index (κ1) is 21.2. The Labute approximate surface area is 179 Å². The third-order valence-electron chi connectivity index (χ3n) is 4.31. The molecule has 0 atom stereocenters. The van der Waals surface area contributed by atoms with Crippen molar-refractivity contribution < 1.29 is 9.21 Å². The maximum atomic E-state index is 12.4. The minimum Gasteiger partial charge on any atom is -0.467 e. The van der Waals surface area contributed by atoms with Crippen LogP contribution in [0.1, 0.15) is 35.5 Å². The van der Waals surface area contributed by atoms with Crippen molar-refractivity contribution in [1.29, 1.82) is 0 Å². The van der Waals surface area contributed by atoms with Crippen LogP contribution in [0.3, 0.4) is 0 Å². The largest absolute Gasteiger partial charge is 0.467 e. The van der Waals surface area contributed by atoms with Crippen molar-refractivity contribution in [3.63, 3.8) is 0 Å². The van der Waals surface area contributed by atoms with E-state index in [1.807, 2.05) is 24.3 Å². The van der Waals surface area contributed by atoms with E-state index < -0.39 is 0 Å². The highest BCUT2D eigenvalue weighted by atomic mass is 35.5. The first-order chi connectivity index (χ1) is 14.1. The summed E-state index contributed by atoms with van der Waals surface area (Å²) < 4.78 is 5.24. The van der Waals surface area contributed by atoms with Gasteiger partial charge in [-0.3, -0.25) is 4.79 Å². The topological polar surface area (TPSA) is 71.3 Å². The molecule has 0 spiro atoms. The molecule has 1 amide bonds. The van der Waals surface area contributed by atoms with Gasteiger partial charge in [0.25, 0.3) is 5.91 Å². The SMILES string of the molecule is CCN(CC)c1cc(Cl)nc(SCc2cccc(C(=O)NCc3ccco3)c2)n1. The van der Waals surface area contributed by atoms with E-state index in [2.05, 4.69) is 34.0 Å². The minimum absolute atomic E-state index is 0.143. The number of benzene rings is 1. The number of nitrogens with zero attached hydrogens (tertiary/aromatic N) is 3. The average Bonchev–Trinajstić information content (AvgIpc) is 3.25. The van der Waals surface area contributed by atoms with Crippen molar-refractivity contribution in [2.75, 3.05) is 18.0 Å². The molecule has 1 aromatic carbocycles. The molecule has 2 heterocycles. The van der Waals surface area contributed by atoms with Crippen LogP contribution in [0.25, 0.3) is 0 Å². The number of anilines is 1. The summed E-state index contributed by atoms with van der Waals surface area (Å²) in [4.78, 5) is 23.4. The zero-order valence-electron chi connectivity index (χ0n) is 16.4. The van der Waals surface area contributed by atoms with E-state index in [0.717, 1.165) is 24.5 Å². The molecular weight excluding hydrogens is 408 g/mol. The molecule has 0 saturated carbocycles. The summed E-state index contributed by atoms with van der Waals surface area (Å²) in [5.41, 5.74) is 1.61. The second kappa shape index (κ2) is 10.3. The van der Waals surface area contributed by atoms with Gasteiger partial charge in [0.1, 0.15) is 16.7 Å². The van der Waals surface area contributed by atoms with Crippen LogP contribution < -0.4 is 10.2 Å². The minimum atomic E-state index is -0.143. The lowest BCUT2D eigenvalue weighted by atomic mass is 10.1. The van der Waals surface area contributed by atoms with Crippen molar-refractivity contribution in [2.24, 2.45) is 0 Å². The standard InChI is InChI=1S/C21H23ClN4O2S/c1-3-26(4-2)19-12-18(22)24-21(25-19)29-14-15-7-5-8-16(11-15)20(27)23-13-17-9-6-10-28-17/h5-12H,3-4,13-14H2,1-2H3,(H,23,27). The Kier molecular flexibility index (Phi) is 7.55.